The number of piperidine rings is 1. The molecule has 1 aromatic carbocycles. The summed E-state index contributed by atoms with van der Waals surface area (Å²) in [5.74, 6) is -2.29. The van der Waals surface area contributed by atoms with E-state index in [-0.39, 0.29) is 17.9 Å². The molecule has 2 N–H and O–H groups in total. The lowest BCUT2D eigenvalue weighted by Gasteiger charge is -2.22. The van der Waals surface area contributed by atoms with Gasteiger partial charge in [0.2, 0.25) is 11.8 Å². The van der Waals surface area contributed by atoms with E-state index in [4.69, 9.17) is 0 Å². The number of fused-ring (bicyclic) bond motifs is 1. The average Bonchev–Trinajstić information content (AvgIpc) is 2.80. The number of hydrogen-bond donors (Lipinski definition) is 2. The van der Waals surface area contributed by atoms with Gasteiger partial charge in [0.1, 0.15) is 0 Å². The third-order valence-corrected chi connectivity index (χ3v) is 3.72. The van der Waals surface area contributed by atoms with E-state index in [1.165, 1.54) is 12.1 Å². The summed E-state index contributed by atoms with van der Waals surface area (Å²) < 4.78 is 1.61. The molecular weight excluding hydrogens is 274 g/mol. The van der Waals surface area contributed by atoms with E-state index in [2.05, 4.69) is 10.4 Å². The number of aromatic nitrogens is 2. The highest BCUT2D eigenvalue weighted by Crippen LogP contribution is 2.32. The van der Waals surface area contributed by atoms with Crippen molar-refractivity contribution in [3.63, 3.8) is 0 Å². The van der Waals surface area contributed by atoms with Crippen molar-refractivity contribution in [2.75, 3.05) is 0 Å². The molecule has 1 atom stereocenters. The van der Waals surface area contributed by atoms with Crippen LogP contribution in [0.3, 0.4) is 0 Å². The van der Waals surface area contributed by atoms with Gasteiger partial charge >= 0.3 is 5.97 Å². The van der Waals surface area contributed by atoms with Gasteiger partial charge in [-0.1, -0.05) is 0 Å². The van der Waals surface area contributed by atoms with Gasteiger partial charge in [0, 0.05) is 18.9 Å². The predicted molar refractivity (Wildman–Crippen MR) is 72.8 cm³/mol. The van der Waals surface area contributed by atoms with Crippen molar-refractivity contribution < 1.29 is 19.5 Å². The molecule has 0 saturated carbocycles. The molecule has 7 heteroatoms. The van der Waals surface area contributed by atoms with Crippen molar-refractivity contribution in [1.82, 2.24) is 15.1 Å². The smallest absolute Gasteiger partial charge is 0.335 e. The van der Waals surface area contributed by atoms with Crippen molar-refractivity contribution in [2.24, 2.45) is 7.05 Å². The zero-order valence-corrected chi connectivity index (χ0v) is 11.3. The Labute approximate surface area is 119 Å². The summed E-state index contributed by atoms with van der Waals surface area (Å²) in [6, 6.07) is 3.02. The molecule has 0 aliphatic carbocycles. The summed E-state index contributed by atoms with van der Waals surface area (Å²) in [4.78, 5) is 34.6. The number of benzene rings is 1. The van der Waals surface area contributed by atoms with Gasteiger partial charge in [0.05, 0.1) is 23.2 Å². The Balaban J connectivity index is 2.20. The molecule has 1 aromatic heterocycles. The second kappa shape index (κ2) is 4.69. The maximum atomic E-state index is 12.1. The van der Waals surface area contributed by atoms with Crippen molar-refractivity contribution in [2.45, 2.75) is 18.8 Å². The van der Waals surface area contributed by atoms with Gasteiger partial charge in [-0.2, -0.15) is 5.10 Å². The van der Waals surface area contributed by atoms with Crippen LogP contribution in [-0.4, -0.2) is 32.7 Å². The first kappa shape index (κ1) is 13.3. The van der Waals surface area contributed by atoms with Crippen LogP contribution in [0.1, 0.15) is 34.7 Å². The van der Waals surface area contributed by atoms with Crippen LogP contribution < -0.4 is 5.32 Å². The molecule has 2 amide bonds. The molecule has 1 saturated heterocycles. The van der Waals surface area contributed by atoms with Crippen molar-refractivity contribution in [3.05, 3.63) is 29.5 Å². The van der Waals surface area contributed by atoms with Crippen molar-refractivity contribution >= 4 is 28.7 Å². The van der Waals surface area contributed by atoms with E-state index < -0.39 is 17.8 Å². The van der Waals surface area contributed by atoms with Crippen LogP contribution in [0.15, 0.2) is 18.3 Å². The Kier molecular flexibility index (Phi) is 2.97. The summed E-state index contributed by atoms with van der Waals surface area (Å²) in [5.41, 5.74) is 1.42. The number of carbonyl (C=O) groups is 3. The number of carbonyl (C=O) groups excluding carboxylic acids is 2. The van der Waals surface area contributed by atoms with E-state index in [0.717, 1.165) is 5.52 Å². The number of rotatable bonds is 2. The number of imide groups is 1. The molecule has 2 aromatic rings. The van der Waals surface area contributed by atoms with E-state index in [9.17, 15) is 19.5 Å². The van der Waals surface area contributed by atoms with Crippen LogP contribution in [0.4, 0.5) is 0 Å². The minimum absolute atomic E-state index is 0.107. The Morgan fingerprint density at radius 1 is 1.43 bits per heavy atom. The molecule has 7 nitrogen and oxygen atoms in total. The molecule has 1 unspecified atom stereocenters. The molecule has 108 valence electrons. The zero-order chi connectivity index (χ0) is 15.1. The summed E-state index contributed by atoms with van der Waals surface area (Å²) in [6.07, 6.45) is 2.18. The molecule has 1 aliphatic rings. The van der Waals surface area contributed by atoms with Gasteiger partial charge in [0.25, 0.3) is 0 Å². The van der Waals surface area contributed by atoms with E-state index >= 15 is 0 Å². The van der Waals surface area contributed by atoms with Gasteiger partial charge in [-0.05, 0) is 24.1 Å². The van der Waals surface area contributed by atoms with Crippen molar-refractivity contribution in [3.8, 4) is 0 Å². The normalized spacial score (nSPS) is 18.8. The van der Waals surface area contributed by atoms with Gasteiger partial charge < -0.3 is 5.11 Å². The summed E-state index contributed by atoms with van der Waals surface area (Å²) >= 11 is 0. The Hall–Kier alpha value is -2.70. The third kappa shape index (κ3) is 2.16. The second-order valence-electron chi connectivity index (χ2n) is 5.08. The minimum atomic E-state index is -1.06. The average molecular weight is 287 g/mol. The van der Waals surface area contributed by atoms with Crippen LogP contribution in [0.25, 0.3) is 10.9 Å². The fourth-order valence-electron chi connectivity index (χ4n) is 2.74. The summed E-state index contributed by atoms with van der Waals surface area (Å²) in [7, 11) is 1.73. The SMILES string of the molecule is Cn1ncc2cc(C(=O)O)cc(C3CCC(=O)NC3=O)c21. The summed E-state index contributed by atoms with van der Waals surface area (Å²) in [5, 5.41) is 16.3. The highest BCUT2D eigenvalue weighted by atomic mass is 16.4. The molecule has 3 rings (SSSR count). The lowest BCUT2D eigenvalue weighted by molar-refractivity contribution is -0.134. The van der Waals surface area contributed by atoms with Crippen LogP contribution in [0.5, 0.6) is 0 Å². The van der Waals surface area contributed by atoms with Crippen LogP contribution in [0, 0.1) is 0 Å². The lowest BCUT2D eigenvalue weighted by atomic mass is 9.88. The highest BCUT2D eigenvalue weighted by Gasteiger charge is 2.30. The summed E-state index contributed by atoms with van der Waals surface area (Å²) in [6.45, 7) is 0. The Morgan fingerprint density at radius 2 is 2.19 bits per heavy atom. The second-order valence-corrected chi connectivity index (χ2v) is 5.08. The molecule has 0 spiro atoms. The van der Waals surface area contributed by atoms with Crippen LogP contribution >= 0.6 is 0 Å². The maximum absolute atomic E-state index is 12.1. The topological polar surface area (TPSA) is 101 Å². The molecule has 1 aliphatic heterocycles. The number of carboxylic acid groups (broad SMARTS) is 1. The quantitative estimate of drug-likeness (QED) is 0.795. The fourth-order valence-corrected chi connectivity index (χ4v) is 2.74. The standard InChI is InChI=1S/C14H13N3O4/c1-17-12-8(6-15-17)4-7(14(20)21)5-10(12)9-2-3-11(18)16-13(9)19/h4-6,9H,2-3H2,1H3,(H,20,21)(H,16,18,19). The molecule has 21 heavy (non-hydrogen) atoms. The number of aryl methyl sites for hydroxylation is 1. The number of nitrogens with one attached hydrogen (secondary N) is 1. The third-order valence-electron chi connectivity index (χ3n) is 3.72. The van der Waals surface area contributed by atoms with Gasteiger partial charge in [-0.15, -0.1) is 0 Å². The lowest BCUT2D eigenvalue weighted by Crippen LogP contribution is -2.39. The zero-order valence-electron chi connectivity index (χ0n) is 11.3. The monoisotopic (exact) mass is 287 g/mol. The number of nitrogens with zero attached hydrogens (tertiary/aromatic N) is 2. The maximum Gasteiger partial charge on any atom is 0.335 e. The van der Waals surface area contributed by atoms with Gasteiger partial charge in [-0.3, -0.25) is 19.6 Å². The number of aromatic carboxylic acids is 1. The Bertz CT molecular complexity index is 778. The van der Waals surface area contributed by atoms with Crippen molar-refractivity contribution in [1.29, 1.82) is 0 Å². The molecule has 1 fully saturated rings. The molecule has 2 heterocycles. The first-order chi connectivity index (χ1) is 9.97. The van der Waals surface area contributed by atoms with Crippen LogP contribution in [-0.2, 0) is 16.6 Å². The molecule has 0 radical (unpaired) electrons. The fraction of sp³-hybridized carbons (Fsp3) is 0.286. The van der Waals surface area contributed by atoms with Gasteiger partial charge in [0.15, 0.2) is 0 Å². The van der Waals surface area contributed by atoms with E-state index in [0.29, 0.717) is 17.4 Å². The minimum Gasteiger partial charge on any atom is -0.478 e. The molecule has 0 bridgehead atoms. The van der Waals surface area contributed by atoms with E-state index in [1.54, 1.807) is 17.9 Å². The number of carboxylic acids is 1. The van der Waals surface area contributed by atoms with Gasteiger partial charge in [-0.25, -0.2) is 4.79 Å². The number of hydrogen-bond acceptors (Lipinski definition) is 4. The predicted octanol–water partition coefficient (Wildman–Crippen LogP) is 0.792. The number of amides is 2. The first-order valence-electron chi connectivity index (χ1n) is 6.50. The molecular formula is C14H13N3O4. The Morgan fingerprint density at radius 3 is 2.86 bits per heavy atom. The highest BCUT2D eigenvalue weighted by molar-refractivity contribution is 6.03. The first-order valence-corrected chi connectivity index (χ1v) is 6.50. The largest absolute Gasteiger partial charge is 0.478 e. The van der Waals surface area contributed by atoms with Crippen LogP contribution in [0.2, 0.25) is 0 Å². The van der Waals surface area contributed by atoms with E-state index in [1.807, 2.05) is 0 Å².